The number of hydrogen-bond donors (Lipinski definition) is 0. The molecule has 0 aromatic carbocycles. The van der Waals surface area contributed by atoms with Crippen molar-refractivity contribution < 1.29 is 9.10 Å². The van der Waals surface area contributed by atoms with Gasteiger partial charge in [0.1, 0.15) is 0 Å². The Morgan fingerprint density at radius 2 is 2.40 bits per heavy atom. The molecule has 50 valence electrons. The van der Waals surface area contributed by atoms with Crippen molar-refractivity contribution >= 4 is 12.6 Å². The van der Waals surface area contributed by atoms with E-state index in [1.807, 2.05) is 0 Å². The van der Waals surface area contributed by atoms with Crippen molar-refractivity contribution in [2.24, 2.45) is 0 Å². The van der Waals surface area contributed by atoms with Gasteiger partial charge in [0.25, 0.3) is 0 Å². The van der Waals surface area contributed by atoms with E-state index < -0.39 is 5.82 Å². The summed E-state index contributed by atoms with van der Waals surface area (Å²) in [6.45, 7) is 1.70. The summed E-state index contributed by atoms with van der Waals surface area (Å²) < 4.78 is 22.6. The summed E-state index contributed by atoms with van der Waals surface area (Å²) in [5, 5.41) is 0. The molecule has 0 saturated heterocycles. The van der Waals surface area contributed by atoms with E-state index in [1.165, 1.54) is 6.07 Å². The monoisotopic (exact) mass is 137 g/mol. The van der Waals surface area contributed by atoms with Gasteiger partial charge in [-0.1, -0.05) is 0 Å². The maximum atomic E-state index is 12.5. The van der Waals surface area contributed by atoms with Crippen LogP contribution >= 0.6 is 0 Å². The van der Waals surface area contributed by atoms with Crippen molar-refractivity contribution in [2.75, 3.05) is 0 Å². The van der Waals surface area contributed by atoms with Crippen LogP contribution in [0.15, 0.2) is 12.3 Å². The van der Waals surface area contributed by atoms with E-state index in [2.05, 4.69) is 4.98 Å². The van der Waals surface area contributed by atoms with Gasteiger partial charge in [-0.25, -0.2) is 0 Å². The molecule has 0 bridgehead atoms. The number of halogens is 1. The first-order valence-electron chi connectivity index (χ1n) is 2.81. The molecule has 0 aliphatic rings. The molecule has 0 N–H and O–H groups in total. The first-order chi connectivity index (χ1) is 4.74. The average molecular weight is 137 g/mol. The number of nitrogens with zero attached hydrogens (tertiary/aromatic N) is 1. The van der Waals surface area contributed by atoms with Crippen LogP contribution in [0.3, 0.4) is 0 Å². The van der Waals surface area contributed by atoms with Crippen molar-refractivity contribution in [3.63, 3.8) is 0 Å². The third kappa shape index (κ3) is 1.26. The zero-order valence-electron chi connectivity index (χ0n) is 5.47. The fourth-order valence-electron chi connectivity index (χ4n) is 0.655. The molecular formula is C6H5BFNO. The van der Waals surface area contributed by atoms with E-state index in [0.717, 1.165) is 6.20 Å². The summed E-state index contributed by atoms with van der Waals surface area (Å²) in [5.41, 5.74) is 0.705. The van der Waals surface area contributed by atoms with Crippen LogP contribution in [0.1, 0.15) is 5.69 Å². The van der Waals surface area contributed by atoms with Gasteiger partial charge in [0.2, 0.25) is 0 Å². The van der Waals surface area contributed by atoms with Gasteiger partial charge in [0.05, 0.1) is 0 Å². The van der Waals surface area contributed by atoms with E-state index in [0.29, 0.717) is 12.8 Å². The Labute approximate surface area is 58.3 Å². The van der Waals surface area contributed by atoms with Crippen molar-refractivity contribution in [1.29, 1.82) is 0 Å². The third-order valence-corrected chi connectivity index (χ3v) is 1.15. The van der Waals surface area contributed by atoms with Crippen LogP contribution in [-0.4, -0.2) is 12.1 Å². The van der Waals surface area contributed by atoms with Crippen molar-refractivity contribution in [3.05, 3.63) is 23.8 Å². The molecule has 0 aliphatic carbocycles. The predicted molar refractivity (Wildman–Crippen MR) is 35.0 cm³/mol. The van der Waals surface area contributed by atoms with Crippen LogP contribution < -0.4 is 5.46 Å². The molecule has 1 heterocycles. The molecule has 0 saturated carbocycles. The second-order valence-corrected chi connectivity index (χ2v) is 1.97. The molecule has 0 radical (unpaired) electrons. The van der Waals surface area contributed by atoms with E-state index in [4.69, 9.17) is 0 Å². The van der Waals surface area contributed by atoms with Crippen LogP contribution in [0, 0.1) is 12.7 Å². The molecule has 0 spiro atoms. The molecule has 1 aromatic heterocycles. The molecule has 0 aliphatic heterocycles. The van der Waals surface area contributed by atoms with Gasteiger partial charge >= 0.3 is 57.4 Å². The predicted octanol–water partition coefficient (Wildman–Crippen LogP) is 0.204. The van der Waals surface area contributed by atoms with E-state index in [-0.39, 0.29) is 5.46 Å². The number of aromatic nitrogens is 1. The van der Waals surface area contributed by atoms with Gasteiger partial charge in [-0.2, -0.15) is 0 Å². The molecule has 4 heteroatoms. The SMILES string of the molecule is Cc1cc(B=O)c(F)cn1. The Morgan fingerprint density at radius 1 is 1.70 bits per heavy atom. The Bertz CT molecular complexity index is 264. The minimum absolute atomic E-state index is 0.0625. The van der Waals surface area contributed by atoms with Gasteiger partial charge < -0.3 is 0 Å². The van der Waals surface area contributed by atoms with Gasteiger partial charge in [0, 0.05) is 0 Å². The van der Waals surface area contributed by atoms with Crippen LogP contribution in [0.5, 0.6) is 0 Å². The fraction of sp³-hybridized carbons (Fsp3) is 0.167. The second-order valence-electron chi connectivity index (χ2n) is 1.97. The Balaban J connectivity index is 3.21. The Kier molecular flexibility index (Phi) is 1.90. The van der Waals surface area contributed by atoms with Gasteiger partial charge in [-0.05, 0) is 0 Å². The van der Waals surface area contributed by atoms with E-state index >= 15 is 0 Å². The first kappa shape index (κ1) is 7.06. The van der Waals surface area contributed by atoms with Crippen molar-refractivity contribution in [2.45, 2.75) is 6.92 Å². The maximum absolute atomic E-state index is 12.5. The second kappa shape index (κ2) is 2.69. The Hall–Kier alpha value is -1.06. The normalized spacial score (nSPS) is 9.00. The number of rotatable bonds is 1. The summed E-state index contributed by atoms with van der Waals surface area (Å²) >= 11 is 0. The summed E-state index contributed by atoms with van der Waals surface area (Å²) in [6.07, 6.45) is 1.04. The number of aryl methyl sites for hydroxylation is 1. The van der Waals surface area contributed by atoms with Crippen LogP contribution in [0.25, 0.3) is 0 Å². The quantitative estimate of drug-likeness (QED) is 0.517. The fourth-order valence-corrected chi connectivity index (χ4v) is 0.655. The number of hydrogen-bond acceptors (Lipinski definition) is 2. The molecular weight excluding hydrogens is 132 g/mol. The molecule has 0 unspecified atom stereocenters. The van der Waals surface area contributed by atoms with Gasteiger partial charge in [0.15, 0.2) is 0 Å². The number of pyridine rings is 1. The summed E-state index contributed by atoms with van der Waals surface area (Å²) in [6, 6.07) is 1.41. The van der Waals surface area contributed by atoms with Crippen molar-refractivity contribution in [3.8, 4) is 0 Å². The molecule has 2 nitrogen and oxygen atoms in total. The molecule has 0 fully saturated rings. The third-order valence-electron chi connectivity index (χ3n) is 1.15. The molecule has 0 atom stereocenters. The minimum atomic E-state index is -0.569. The average Bonchev–Trinajstić information content (AvgIpc) is 1.94. The standard InChI is InChI=1S/C6H5BFNO/c1-4-2-5(7-10)6(8)3-9-4/h2-3H,1H3. The topological polar surface area (TPSA) is 30.0 Å². The summed E-state index contributed by atoms with van der Waals surface area (Å²) in [7, 11) is 0.476. The summed E-state index contributed by atoms with van der Waals surface area (Å²) in [5.74, 6) is -0.569. The molecule has 1 rings (SSSR count). The van der Waals surface area contributed by atoms with E-state index in [9.17, 15) is 9.10 Å². The van der Waals surface area contributed by atoms with Crippen LogP contribution in [-0.2, 0) is 4.70 Å². The van der Waals surface area contributed by atoms with Gasteiger partial charge in [-0.3, -0.25) is 0 Å². The molecule has 0 amide bonds. The van der Waals surface area contributed by atoms with Crippen LogP contribution in [0.4, 0.5) is 4.39 Å². The molecule has 10 heavy (non-hydrogen) atoms. The van der Waals surface area contributed by atoms with Crippen molar-refractivity contribution in [1.82, 2.24) is 4.98 Å². The zero-order chi connectivity index (χ0) is 7.56. The first-order valence-corrected chi connectivity index (χ1v) is 2.81. The Morgan fingerprint density at radius 3 is 2.90 bits per heavy atom. The summed E-state index contributed by atoms with van der Waals surface area (Å²) in [4.78, 5) is 3.65. The van der Waals surface area contributed by atoms with Gasteiger partial charge in [-0.15, -0.1) is 0 Å². The van der Waals surface area contributed by atoms with Crippen LogP contribution in [0.2, 0.25) is 0 Å². The zero-order valence-corrected chi connectivity index (χ0v) is 5.47. The van der Waals surface area contributed by atoms with E-state index in [1.54, 1.807) is 6.92 Å². The molecule has 1 aromatic rings.